The largest absolute Gasteiger partial charge is 0.497 e. The fraction of sp³-hybridized carbons (Fsp3) is 0.250. The third kappa shape index (κ3) is 3.31. The van der Waals surface area contributed by atoms with Gasteiger partial charge >= 0.3 is 0 Å². The smallest absolute Gasteiger partial charge is 0.119 e. The monoisotopic (exact) mass is 290 g/mol. The van der Waals surface area contributed by atoms with Gasteiger partial charge in [0.2, 0.25) is 0 Å². The van der Waals surface area contributed by atoms with Crippen LogP contribution in [0.15, 0.2) is 42.5 Å². The summed E-state index contributed by atoms with van der Waals surface area (Å²) in [7, 11) is 1.66. The Kier molecular flexibility index (Phi) is 5.01. The maximum atomic E-state index is 6.21. The highest BCUT2D eigenvalue weighted by Gasteiger charge is 2.15. The van der Waals surface area contributed by atoms with E-state index in [0.29, 0.717) is 0 Å². The van der Waals surface area contributed by atoms with Crippen molar-refractivity contribution in [3.8, 4) is 5.75 Å². The van der Waals surface area contributed by atoms with E-state index in [1.54, 1.807) is 7.11 Å². The third-order valence-corrected chi connectivity index (χ3v) is 3.80. The maximum absolute atomic E-state index is 6.21. The Morgan fingerprint density at radius 2 is 2.00 bits per heavy atom. The molecular weight excluding hydrogens is 272 g/mol. The van der Waals surface area contributed by atoms with Gasteiger partial charge in [0.15, 0.2) is 0 Å². The summed E-state index contributed by atoms with van der Waals surface area (Å²) in [4.78, 5) is 0. The summed E-state index contributed by atoms with van der Waals surface area (Å²) in [6.45, 7) is 2.05. The lowest BCUT2D eigenvalue weighted by Crippen LogP contribution is -2.30. The van der Waals surface area contributed by atoms with Crippen LogP contribution in [0.4, 0.5) is 0 Å². The topological polar surface area (TPSA) is 47.3 Å². The molecule has 2 aromatic carbocycles. The summed E-state index contributed by atoms with van der Waals surface area (Å²) in [5.41, 5.74) is 6.23. The van der Waals surface area contributed by atoms with Crippen LogP contribution in [0.2, 0.25) is 5.02 Å². The van der Waals surface area contributed by atoms with E-state index in [1.165, 1.54) is 0 Å². The Hall–Kier alpha value is -1.55. The molecule has 0 heterocycles. The summed E-state index contributed by atoms with van der Waals surface area (Å²) in [5, 5.41) is 0.763. The number of benzene rings is 2. The molecule has 2 aromatic rings. The van der Waals surface area contributed by atoms with Crippen molar-refractivity contribution >= 4 is 11.6 Å². The predicted octanol–water partition coefficient (Wildman–Crippen LogP) is 3.40. The molecule has 0 spiro atoms. The Balaban J connectivity index is 2.27. The van der Waals surface area contributed by atoms with E-state index in [0.717, 1.165) is 33.9 Å². The van der Waals surface area contributed by atoms with Crippen LogP contribution in [-0.2, 0) is 6.42 Å². The second-order valence-electron chi connectivity index (χ2n) is 4.74. The molecule has 0 aliphatic rings. The molecule has 0 aliphatic carbocycles. The minimum absolute atomic E-state index is 0.0146. The van der Waals surface area contributed by atoms with Crippen LogP contribution in [0.3, 0.4) is 0 Å². The van der Waals surface area contributed by atoms with Gasteiger partial charge in [-0.15, -0.1) is 0 Å². The van der Waals surface area contributed by atoms with Gasteiger partial charge in [-0.25, -0.2) is 0 Å². The lowest BCUT2D eigenvalue weighted by Gasteiger charge is -2.20. The van der Waals surface area contributed by atoms with E-state index in [-0.39, 0.29) is 6.04 Å². The second kappa shape index (κ2) is 6.75. The summed E-state index contributed by atoms with van der Waals surface area (Å²) < 4.78 is 5.23. The van der Waals surface area contributed by atoms with Crippen molar-refractivity contribution in [1.29, 1.82) is 0 Å². The molecule has 20 heavy (non-hydrogen) atoms. The highest BCUT2D eigenvalue weighted by Crippen LogP contribution is 2.27. The van der Waals surface area contributed by atoms with Crippen molar-refractivity contribution in [3.05, 3.63) is 64.2 Å². The normalized spacial score (nSPS) is 12.2. The van der Waals surface area contributed by atoms with Gasteiger partial charge in [-0.05, 0) is 48.2 Å². The number of hydrogen-bond acceptors (Lipinski definition) is 3. The average molecular weight is 291 g/mol. The molecule has 0 aromatic heterocycles. The van der Waals surface area contributed by atoms with Crippen molar-refractivity contribution in [2.75, 3.05) is 7.11 Å². The maximum Gasteiger partial charge on any atom is 0.119 e. The average Bonchev–Trinajstić information content (AvgIpc) is 2.47. The molecule has 0 saturated heterocycles. The Morgan fingerprint density at radius 1 is 1.25 bits per heavy atom. The summed E-state index contributed by atoms with van der Waals surface area (Å²) >= 11 is 6.21. The molecule has 1 atom stereocenters. The highest BCUT2D eigenvalue weighted by atomic mass is 35.5. The minimum Gasteiger partial charge on any atom is -0.497 e. The van der Waals surface area contributed by atoms with E-state index in [9.17, 15) is 0 Å². The molecule has 2 rings (SSSR count). The summed E-state index contributed by atoms with van der Waals surface area (Å²) in [5.74, 6) is 6.56. The van der Waals surface area contributed by atoms with Crippen LogP contribution in [-0.4, -0.2) is 7.11 Å². The van der Waals surface area contributed by atoms with Gasteiger partial charge in [0.05, 0.1) is 13.2 Å². The lowest BCUT2D eigenvalue weighted by atomic mass is 9.95. The van der Waals surface area contributed by atoms with Crippen molar-refractivity contribution < 1.29 is 4.74 Å². The number of rotatable bonds is 5. The van der Waals surface area contributed by atoms with E-state index in [1.807, 2.05) is 42.5 Å². The first-order valence-electron chi connectivity index (χ1n) is 6.49. The van der Waals surface area contributed by atoms with Crippen LogP contribution in [0, 0.1) is 6.92 Å². The zero-order valence-electron chi connectivity index (χ0n) is 11.7. The molecule has 0 radical (unpaired) electrons. The molecule has 1 unspecified atom stereocenters. The molecule has 0 saturated carbocycles. The molecule has 4 heteroatoms. The molecule has 0 aliphatic heterocycles. The SMILES string of the molecule is COc1ccc(C(Cc2ccccc2Cl)NN)c(C)c1. The Morgan fingerprint density at radius 3 is 2.60 bits per heavy atom. The third-order valence-electron chi connectivity index (χ3n) is 3.44. The van der Waals surface area contributed by atoms with Crippen LogP contribution in [0.25, 0.3) is 0 Å². The molecule has 0 amide bonds. The van der Waals surface area contributed by atoms with Gasteiger partial charge in [0.25, 0.3) is 0 Å². The summed E-state index contributed by atoms with van der Waals surface area (Å²) in [6.07, 6.45) is 0.739. The second-order valence-corrected chi connectivity index (χ2v) is 5.14. The molecule has 3 N–H and O–H groups in total. The standard InChI is InChI=1S/C16H19ClN2O/c1-11-9-13(20-2)7-8-14(11)16(19-18)10-12-5-3-4-6-15(12)17/h3-9,16,19H,10,18H2,1-2H3. The number of hydrazine groups is 1. The zero-order chi connectivity index (χ0) is 14.5. The summed E-state index contributed by atoms with van der Waals surface area (Å²) in [6, 6.07) is 13.8. The predicted molar refractivity (Wildman–Crippen MR) is 83.0 cm³/mol. The quantitative estimate of drug-likeness (QED) is 0.655. The lowest BCUT2D eigenvalue weighted by molar-refractivity contribution is 0.414. The molecule has 3 nitrogen and oxygen atoms in total. The fourth-order valence-corrected chi connectivity index (χ4v) is 2.52. The first-order chi connectivity index (χ1) is 9.65. The van der Waals surface area contributed by atoms with Crippen LogP contribution in [0.1, 0.15) is 22.7 Å². The van der Waals surface area contributed by atoms with Crippen LogP contribution in [0.5, 0.6) is 5.75 Å². The highest BCUT2D eigenvalue weighted by molar-refractivity contribution is 6.31. The minimum atomic E-state index is 0.0146. The van der Waals surface area contributed by atoms with Crippen molar-refractivity contribution in [2.45, 2.75) is 19.4 Å². The molecule has 0 fully saturated rings. The van der Waals surface area contributed by atoms with E-state index >= 15 is 0 Å². The fourth-order valence-electron chi connectivity index (χ4n) is 2.31. The molecular formula is C16H19ClN2O. The van der Waals surface area contributed by atoms with Gasteiger partial charge in [0, 0.05) is 5.02 Å². The van der Waals surface area contributed by atoms with Crippen molar-refractivity contribution in [2.24, 2.45) is 5.84 Å². The number of hydrogen-bond donors (Lipinski definition) is 2. The Bertz CT molecular complexity index is 586. The van der Waals surface area contributed by atoms with E-state index < -0.39 is 0 Å². The number of halogens is 1. The van der Waals surface area contributed by atoms with Crippen LogP contribution < -0.4 is 16.0 Å². The molecule has 0 bridgehead atoms. The van der Waals surface area contributed by atoms with E-state index in [4.69, 9.17) is 22.2 Å². The number of ether oxygens (including phenoxy) is 1. The number of nitrogens with two attached hydrogens (primary N) is 1. The first-order valence-corrected chi connectivity index (χ1v) is 6.87. The van der Waals surface area contributed by atoms with Crippen molar-refractivity contribution in [3.63, 3.8) is 0 Å². The van der Waals surface area contributed by atoms with Crippen LogP contribution >= 0.6 is 11.6 Å². The molecule has 106 valence electrons. The van der Waals surface area contributed by atoms with Gasteiger partial charge in [0.1, 0.15) is 5.75 Å². The van der Waals surface area contributed by atoms with Gasteiger partial charge < -0.3 is 4.74 Å². The van der Waals surface area contributed by atoms with Crippen molar-refractivity contribution in [1.82, 2.24) is 5.43 Å². The van der Waals surface area contributed by atoms with Gasteiger partial charge in [-0.1, -0.05) is 35.9 Å². The number of aryl methyl sites for hydroxylation is 1. The van der Waals surface area contributed by atoms with Gasteiger partial charge in [-0.2, -0.15) is 0 Å². The van der Waals surface area contributed by atoms with Gasteiger partial charge in [-0.3, -0.25) is 11.3 Å². The van der Waals surface area contributed by atoms with E-state index in [2.05, 4.69) is 12.3 Å². The first kappa shape index (κ1) is 14.9. The Labute approximate surface area is 124 Å². The number of methoxy groups -OCH3 is 1. The number of nitrogens with one attached hydrogen (secondary N) is 1. The zero-order valence-corrected chi connectivity index (χ0v) is 12.4.